The summed E-state index contributed by atoms with van der Waals surface area (Å²) in [6, 6.07) is 5.81. The van der Waals surface area contributed by atoms with Crippen molar-refractivity contribution in [1.82, 2.24) is 24.8 Å². The molecule has 1 N–H and O–H groups in total. The summed E-state index contributed by atoms with van der Waals surface area (Å²) >= 11 is 1.58. The highest BCUT2D eigenvalue weighted by molar-refractivity contribution is 7.09. The molecule has 3 aromatic heterocycles. The number of pyridine rings is 1. The molecule has 8 heteroatoms. The number of anilines is 2. The van der Waals surface area contributed by atoms with Crippen molar-refractivity contribution in [1.29, 1.82) is 0 Å². The summed E-state index contributed by atoms with van der Waals surface area (Å²) in [7, 11) is 0. The zero-order chi connectivity index (χ0) is 18.6. The predicted octanol–water partition coefficient (Wildman–Crippen LogP) is 3.29. The standard InChI is InChI=1S/C19H20N6OS/c1-13-22-14(12-27-13)10-19(26)25-9-3-5-16(25)15-4-2-6-17(23-15)24-18-11-20-7-8-21-18/h2,4,6-8,11-12,16H,3,5,9-10H2,1H3,(H,21,23,24). The van der Waals surface area contributed by atoms with E-state index in [1.807, 2.05) is 35.4 Å². The van der Waals surface area contributed by atoms with Crippen molar-refractivity contribution in [2.24, 2.45) is 0 Å². The first-order valence-corrected chi connectivity index (χ1v) is 9.77. The lowest BCUT2D eigenvalue weighted by molar-refractivity contribution is -0.131. The third kappa shape index (κ3) is 4.11. The van der Waals surface area contributed by atoms with E-state index in [4.69, 9.17) is 4.98 Å². The lowest BCUT2D eigenvalue weighted by Gasteiger charge is -2.24. The number of carbonyl (C=O) groups excluding carboxylic acids is 1. The first-order chi connectivity index (χ1) is 13.2. The van der Waals surface area contributed by atoms with Gasteiger partial charge < -0.3 is 10.2 Å². The maximum absolute atomic E-state index is 12.8. The molecular formula is C19H20N6OS. The van der Waals surface area contributed by atoms with Gasteiger partial charge in [-0.1, -0.05) is 6.07 Å². The van der Waals surface area contributed by atoms with Crippen LogP contribution in [0.5, 0.6) is 0 Å². The van der Waals surface area contributed by atoms with Crippen LogP contribution in [0.25, 0.3) is 0 Å². The Morgan fingerprint density at radius 2 is 2.22 bits per heavy atom. The van der Waals surface area contributed by atoms with E-state index < -0.39 is 0 Å². The van der Waals surface area contributed by atoms with Crippen LogP contribution in [0.2, 0.25) is 0 Å². The van der Waals surface area contributed by atoms with Gasteiger partial charge in [0.25, 0.3) is 0 Å². The molecule has 138 valence electrons. The third-order valence-electron chi connectivity index (χ3n) is 4.50. The van der Waals surface area contributed by atoms with E-state index in [0.717, 1.165) is 35.8 Å². The summed E-state index contributed by atoms with van der Waals surface area (Å²) in [5.74, 6) is 1.44. The molecule has 1 unspecified atom stereocenters. The van der Waals surface area contributed by atoms with Gasteiger partial charge in [0.15, 0.2) is 0 Å². The fourth-order valence-electron chi connectivity index (χ4n) is 3.32. The first kappa shape index (κ1) is 17.5. The van der Waals surface area contributed by atoms with Crippen molar-refractivity contribution in [3.05, 3.63) is 58.6 Å². The van der Waals surface area contributed by atoms with Gasteiger partial charge >= 0.3 is 0 Å². The Hall–Kier alpha value is -2.87. The maximum Gasteiger partial charge on any atom is 0.229 e. The van der Waals surface area contributed by atoms with E-state index in [-0.39, 0.29) is 11.9 Å². The summed E-state index contributed by atoms with van der Waals surface area (Å²) in [5, 5.41) is 6.10. The molecule has 7 nitrogen and oxygen atoms in total. The largest absolute Gasteiger partial charge is 0.334 e. The zero-order valence-electron chi connectivity index (χ0n) is 15.0. The number of likely N-dealkylation sites (tertiary alicyclic amines) is 1. The zero-order valence-corrected chi connectivity index (χ0v) is 15.8. The molecule has 4 rings (SSSR count). The molecule has 4 heterocycles. The van der Waals surface area contributed by atoms with Crippen molar-refractivity contribution < 1.29 is 4.79 Å². The minimum absolute atomic E-state index is 0.000778. The van der Waals surface area contributed by atoms with E-state index in [1.54, 1.807) is 29.9 Å². The number of aryl methyl sites for hydroxylation is 1. The van der Waals surface area contributed by atoms with Crippen molar-refractivity contribution in [2.45, 2.75) is 32.2 Å². The number of rotatable bonds is 5. The quantitative estimate of drug-likeness (QED) is 0.731. The molecule has 0 aromatic carbocycles. The number of amides is 1. The van der Waals surface area contributed by atoms with Gasteiger partial charge in [-0.2, -0.15) is 0 Å². The van der Waals surface area contributed by atoms with Crippen molar-refractivity contribution in [2.75, 3.05) is 11.9 Å². The molecular weight excluding hydrogens is 360 g/mol. The molecule has 27 heavy (non-hydrogen) atoms. The van der Waals surface area contributed by atoms with Crippen LogP contribution in [0, 0.1) is 6.92 Å². The molecule has 0 bridgehead atoms. The molecule has 1 aliphatic rings. The van der Waals surface area contributed by atoms with Crippen LogP contribution >= 0.6 is 11.3 Å². The van der Waals surface area contributed by atoms with Crippen LogP contribution in [0.3, 0.4) is 0 Å². The fourth-order valence-corrected chi connectivity index (χ4v) is 3.93. The van der Waals surface area contributed by atoms with Gasteiger partial charge in [-0.25, -0.2) is 15.0 Å². The lowest BCUT2D eigenvalue weighted by Crippen LogP contribution is -2.32. The highest BCUT2D eigenvalue weighted by atomic mass is 32.1. The minimum atomic E-state index is 0.000778. The predicted molar refractivity (Wildman–Crippen MR) is 104 cm³/mol. The van der Waals surface area contributed by atoms with Gasteiger partial charge in [0.1, 0.15) is 11.6 Å². The first-order valence-electron chi connectivity index (χ1n) is 8.89. The summed E-state index contributed by atoms with van der Waals surface area (Å²) < 4.78 is 0. The van der Waals surface area contributed by atoms with Gasteiger partial charge in [0.2, 0.25) is 5.91 Å². The minimum Gasteiger partial charge on any atom is -0.334 e. The molecule has 0 spiro atoms. The lowest BCUT2D eigenvalue weighted by atomic mass is 10.1. The van der Waals surface area contributed by atoms with E-state index in [0.29, 0.717) is 18.1 Å². The Kier molecular flexibility index (Phi) is 5.06. The topological polar surface area (TPSA) is 83.9 Å². The highest BCUT2D eigenvalue weighted by Gasteiger charge is 2.31. The van der Waals surface area contributed by atoms with Gasteiger partial charge in [0, 0.05) is 24.3 Å². The number of thiazole rings is 1. The number of carbonyl (C=O) groups is 1. The van der Waals surface area contributed by atoms with Crippen LogP contribution in [-0.2, 0) is 11.2 Å². The number of nitrogens with zero attached hydrogens (tertiary/aromatic N) is 5. The Balaban J connectivity index is 1.49. The van der Waals surface area contributed by atoms with Gasteiger partial charge in [-0.15, -0.1) is 11.3 Å². The normalized spacial score (nSPS) is 16.5. The second-order valence-electron chi connectivity index (χ2n) is 6.44. The molecule has 0 saturated carbocycles. The second-order valence-corrected chi connectivity index (χ2v) is 7.51. The van der Waals surface area contributed by atoms with E-state index >= 15 is 0 Å². The SMILES string of the molecule is Cc1nc(CC(=O)N2CCCC2c2cccc(Nc3cnccn3)n2)cs1. The van der Waals surface area contributed by atoms with Gasteiger partial charge in [0.05, 0.1) is 35.1 Å². The molecule has 0 aliphatic carbocycles. The van der Waals surface area contributed by atoms with E-state index in [1.165, 1.54) is 0 Å². The Morgan fingerprint density at radius 3 is 3.00 bits per heavy atom. The van der Waals surface area contributed by atoms with E-state index in [9.17, 15) is 4.79 Å². The van der Waals surface area contributed by atoms with Crippen LogP contribution in [-0.4, -0.2) is 37.3 Å². The van der Waals surface area contributed by atoms with Crippen LogP contribution < -0.4 is 5.32 Å². The van der Waals surface area contributed by atoms with Crippen LogP contribution in [0.1, 0.15) is 35.3 Å². The van der Waals surface area contributed by atoms with Crippen molar-refractivity contribution in [3.63, 3.8) is 0 Å². The average molecular weight is 380 g/mol. The summed E-state index contributed by atoms with van der Waals surface area (Å²) in [4.78, 5) is 32.1. The Morgan fingerprint density at radius 1 is 1.30 bits per heavy atom. The van der Waals surface area contributed by atoms with Crippen molar-refractivity contribution >= 4 is 28.9 Å². The number of hydrogen-bond acceptors (Lipinski definition) is 7. The monoisotopic (exact) mass is 380 g/mol. The molecule has 1 fully saturated rings. The molecule has 1 saturated heterocycles. The Labute approximate surface area is 161 Å². The van der Waals surface area contributed by atoms with Gasteiger partial charge in [-0.05, 0) is 31.9 Å². The highest BCUT2D eigenvalue weighted by Crippen LogP contribution is 2.32. The number of hydrogen-bond donors (Lipinski definition) is 1. The smallest absolute Gasteiger partial charge is 0.229 e. The van der Waals surface area contributed by atoms with Crippen LogP contribution in [0.15, 0.2) is 42.2 Å². The van der Waals surface area contributed by atoms with Crippen LogP contribution in [0.4, 0.5) is 11.6 Å². The second kappa shape index (κ2) is 7.79. The molecule has 1 amide bonds. The van der Waals surface area contributed by atoms with Gasteiger partial charge in [-0.3, -0.25) is 9.78 Å². The molecule has 1 aliphatic heterocycles. The molecule has 0 radical (unpaired) electrons. The fraction of sp³-hybridized carbons (Fsp3) is 0.316. The average Bonchev–Trinajstić information content (AvgIpc) is 3.32. The molecule has 3 aromatic rings. The Bertz CT molecular complexity index is 929. The number of aromatic nitrogens is 4. The third-order valence-corrected chi connectivity index (χ3v) is 5.33. The summed E-state index contributed by atoms with van der Waals surface area (Å²) in [6.45, 7) is 2.72. The van der Waals surface area contributed by atoms with Crippen molar-refractivity contribution in [3.8, 4) is 0 Å². The number of nitrogens with one attached hydrogen (secondary N) is 1. The summed E-state index contributed by atoms with van der Waals surface area (Å²) in [6.07, 6.45) is 7.15. The van der Waals surface area contributed by atoms with E-state index in [2.05, 4.69) is 20.3 Å². The maximum atomic E-state index is 12.8. The molecule has 1 atom stereocenters. The summed E-state index contributed by atoms with van der Waals surface area (Å²) in [5.41, 5.74) is 1.74.